The minimum Gasteiger partial charge on any atom is -0.451 e. The van der Waals surface area contributed by atoms with Crippen molar-refractivity contribution in [3.05, 3.63) is 98.0 Å². The van der Waals surface area contributed by atoms with Crippen molar-refractivity contribution in [1.29, 1.82) is 0 Å². The van der Waals surface area contributed by atoms with Crippen LogP contribution in [0.25, 0.3) is 21.6 Å². The number of carbonyl (C=O) groups excluding carboxylic acids is 2. The Morgan fingerprint density at radius 1 is 1.11 bits per heavy atom. The highest BCUT2D eigenvalue weighted by Gasteiger charge is 2.51. The fraction of sp³-hybridized carbons (Fsp3) is 0.303. The molecule has 242 valence electrons. The highest BCUT2D eigenvalue weighted by Crippen LogP contribution is 2.58. The van der Waals surface area contributed by atoms with Crippen molar-refractivity contribution in [3.8, 4) is 27.3 Å². The second kappa shape index (κ2) is 10.6. The molecule has 3 atom stereocenters. The van der Waals surface area contributed by atoms with Crippen molar-refractivity contribution in [2.75, 3.05) is 32.1 Å². The quantitative estimate of drug-likeness (QED) is 0.212. The molecule has 0 saturated carbocycles. The minimum absolute atomic E-state index is 0.0470. The number of alkyl halides is 2. The summed E-state index contributed by atoms with van der Waals surface area (Å²) in [6, 6.07) is 10.4. The lowest BCUT2D eigenvalue weighted by Crippen LogP contribution is -2.67. The van der Waals surface area contributed by atoms with Gasteiger partial charge in [-0.05, 0) is 40.6 Å². The summed E-state index contributed by atoms with van der Waals surface area (Å²) in [5.74, 6) is -5.39. The molecule has 4 heterocycles. The molecule has 14 heteroatoms. The maximum atomic E-state index is 15.9. The molecule has 2 aliphatic carbocycles. The van der Waals surface area contributed by atoms with Crippen LogP contribution in [0.4, 0.5) is 18.0 Å². The predicted octanol–water partition coefficient (Wildman–Crippen LogP) is 5.39. The van der Waals surface area contributed by atoms with E-state index in [0.29, 0.717) is 16.7 Å². The molecular formula is C33H26F3N3O7S. The molecular weight excluding hydrogens is 639 g/mol. The van der Waals surface area contributed by atoms with Crippen LogP contribution in [0.2, 0.25) is 0 Å². The van der Waals surface area contributed by atoms with E-state index in [1.165, 1.54) is 34.3 Å². The number of morpholine rings is 1. The highest BCUT2D eigenvalue weighted by molar-refractivity contribution is 7.14. The number of ether oxygens (including phenoxy) is 4. The first-order chi connectivity index (χ1) is 22.6. The van der Waals surface area contributed by atoms with Gasteiger partial charge in [0, 0.05) is 41.2 Å². The van der Waals surface area contributed by atoms with Crippen LogP contribution < -0.4 is 15.2 Å². The summed E-state index contributed by atoms with van der Waals surface area (Å²) in [5.41, 5.74) is 1.55. The number of fused-ring (bicyclic) bond motifs is 4. The van der Waals surface area contributed by atoms with Crippen molar-refractivity contribution in [2.24, 2.45) is 0 Å². The largest absolute Gasteiger partial charge is 0.510 e. The molecule has 47 heavy (non-hydrogen) atoms. The zero-order valence-electron chi connectivity index (χ0n) is 25.0. The summed E-state index contributed by atoms with van der Waals surface area (Å²) in [6.07, 6.45) is -1.40. The van der Waals surface area contributed by atoms with Crippen LogP contribution >= 0.6 is 11.3 Å². The summed E-state index contributed by atoms with van der Waals surface area (Å²) in [4.78, 5) is 41.3. The second-order valence-electron chi connectivity index (χ2n) is 11.7. The van der Waals surface area contributed by atoms with Crippen molar-refractivity contribution >= 4 is 23.4 Å². The van der Waals surface area contributed by atoms with E-state index in [1.54, 1.807) is 22.2 Å². The normalized spacial score (nSPS) is 21.6. The molecule has 0 bridgehead atoms. The Balaban J connectivity index is 1.41. The van der Waals surface area contributed by atoms with Crippen LogP contribution in [0, 0.1) is 5.82 Å². The molecule has 4 aromatic rings. The average Bonchev–Trinajstić information content (AvgIpc) is 3.41. The number of hydrogen-bond donors (Lipinski definition) is 0. The van der Waals surface area contributed by atoms with Crippen LogP contribution in [0.1, 0.15) is 45.7 Å². The smallest absolute Gasteiger partial charge is 0.451 e. The number of aromatic nitrogens is 1. The van der Waals surface area contributed by atoms with E-state index >= 15 is 13.2 Å². The van der Waals surface area contributed by atoms with Crippen LogP contribution in [-0.4, -0.2) is 61.0 Å². The first kappa shape index (κ1) is 29.6. The zero-order chi connectivity index (χ0) is 32.8. The Morgan fingerprint density at radius 3 is 2.72 bits per heavy atom. The maximum absolute atomic E-state index is 15.9. The monoisotopic (exact) mass is 665 g/mol. The predicted molar refractivity (Wildman–Crippen MR) is 163 cm³/mol. The van der Waals surface area contributed by atoms with Crippen LogP contribution in [-0.2, 0) is 26.6 Å². The van der Waals surface area contributed by atoms with Gasteiger partial charge in [-0.25, -0.2) is 18.0 Å². The molecule has 1 fully saturated rings. The lowest BCUT2D eigenvalue weighted by Gasteiger charge is -2.52. The first-order valence-electron chi connectivity index (χ1n) is 14.8. The van der Waals surface area contributed by atoms with Gasteiger partial charge in [0.15, 0.2) is 5.69 Å². The number of pyridine rings is 1. The molecule has 1 unspecified atom stereocenters. The molecule has 1 saturated heterocycles. The van der Waals surface area contributed by atoms with Crippen molar-refractivity contribution < 1.29 is 41.7 Å². The third kappa shape index (κ3) is 4.30. The van der Waals surface area contributed by atoms with Crippen LogP contribution in [0.3, 0.4) is 0 Å². The van der Waals surface area contributed by atoms with E-state index in [-0.39, 0.29) is 36.3 Å². The van der Waals surface area contributed by atoms with E-state index < -0.39 is 60.2 Å². The van der Waals surface area contributed by atoms with Gasteiger partial charge in [0.1, 0.15) is 12.0 Å². The van der Waals surface area contributed by atoms with E-state index in [4.69, 9.17) is 14.2 Å². The summed E-state index contributed by atoms with van der Waals surface area (Å²) in [5, 5.41) is 3.51. The van der Waals surface area contributed by atoms with Gasteiger partial charge in [-0.15, -0.1) is 11.3 Å². The van der Waals surface area contributed by atoms with E-state index in [0.717, 1.165) is 29.2 Å². The number of halogens is 3. The summed E-state index contributed by atoms with van der Waals surface area (Å²) in [7, 11) is 1.11. The molecule has 10 nitrogen and oxygen atoms in total. The number of thiophene rings is 1. The molecule has 8 rings (SSSR count). The third-order valence-corrected chi connectivity index (χ3v) is 10.1. The Kier molecular flexibility index (Phi) is 6.67. The van der Waals surface area contributed by atoms with Crippen LogP contribution in [0.15, 0.2) is 58.8 Å². The Hall–Kier alpha value is -4.82. The lowest BCUT2D eigenvalue weighted by molar-refractivity contribution is -0.0579. The number of rotatable bonds is 4. The Morgan fingerprint density at radius 2 is 1.91 bits per heavy atom. The first-order valence-corrected chi connectivity index (χ1v) is 15.7. The number of amides is 1. The fourth-order valence-corrected chi connectivity index (χ4v) is 8.33. The Labute approximate surface area is 269 Å². The molecule has 0 N–H and O–H groups in total. The number of benzene rings is 2. The van der Waals surface area contributed by atoms with E-state index in [2.05, 4.69) is 4.74 Å². The van der Waals surface area contributed by atoms with Crippen molar-refractivity contribution in [1.82, 2.24) is 9.58 Å². The van der Waals surface area contributed by atoms with Gasteiger partial charge in [-0.2, -0.15) is 0 Å². The average molecular weight is 666 g/mol. The highest BCUT2D eigenvalue weighted by atomic mass is 32.1. The molecule has 2 aromatic heterocycles. The number of methoxy groups -OCH3 is 1. The summed E-state index contributed by atoms with van der Waals surface area (Å²) in [6.45, 7) is 1.28. The van der Waals surface area contributed by atoms with Crippen LogP contribution in [0.5, 0.6) is 5.75 Å². The van der Waals surface area contributed by atoms with E-state index in [9.17, 15) is 14.4 Å². The minimum atomic E-state index is -3.47. The topological polar surface area (TPSA) is 99.5 Å². The number of carbonyl (C=O) groups is 2. The molecule has 1 amide bonds. The van der Waals surface area contributed by atoms with Gasteiger partial charge in [-0.3, -0.25) is 19.3 Å². The van der Waals surface area contributed by atoms with Gasteiger partial charge < -0.3 is 23.8 Å². The summed E-state index contributed by atoms with van der Waals surface area (Å²) < 4.78 is 69.7. The van der Waals surface area contributed by atoms with E-state index in [1.807, 2.05) is 24.3 Å². The molecule has 0 spiro atoms. The van der Waals surface area contributed by atoms with Gasteiger partial charge in [0.05, 0.1) is 31.4 Å². The fourth-order valence-electron chi connectivity index (χ4n) is 7.20. The van der Waals surface area contributed by atoms with Crippen molar-refractivity contribution in [3.63, 3.8) is 0 Å². The lowest BCUT2D eigenvalue weighted by atomic mass is 9.80. The molecule has 4 aliphatic rings. The number of hydrogen-bond acceptors (Lipinski definition) is 9. The third-order valence-electron chi connectivity index (χ3n) is 9.08. The molecule has 2 aliphatic heterocycles. The van der Waals surface area contributed by atoms with Crippen molar-refractivity contribution in [2.45, 2.75) is 37.6 Å². The maximum Gasteiger partial charge on any atom is 0.510 e. The van der Waals surface area contributed by atoms with Gasteiger partial charge in [0.2, 0.25) is 18.0 Å². The molecule has 0 radical (unpaired) electrons. The SMILES string of the molecule is COC(=O)OCOc1c2n(ccc1=O)N([C@@H]1c3ccccc3-c3scc4c3-c3c1ccc(F)c3C(F)(F)C4)[C@@H]1COC(C)CN1C2=O. The van der Waals surface area contributed by atoms with Gasteiger partial charge in [0.25, 0.3) is 11.8 Å². The number of nitrogens with zero attached hydrogens (tertiary/aromatic N) is 3. The summed E-state index contributed by atoms with van der Waals surface area (Å²) >= 11 is 1.33. The standard InChI is InChI=1S/C33H26F3N3O7S/c1-16-12-37-23(13-44-16)39(38-10-9-22(40)29(28(38)31(37)41)45-15-46-32(42)43-2)27-18-5-3-4-6-19(18)30-24-17(14-47-30)11-33(35,36)26-21(34)8-7-20(27)25(24)26/h3-10,14,16,23,27H,11-13,15H2,1-2H3/t16?,23-,27-/m1/s1. The Bertz CT molecular complexity index is 2050. The second-order valence-corrected chi connectivity index (χ2v) is 12.6. The van der Waals surface area contributed by atoms with Gasteiger partial charge >= 0.3 is 6.16 Å². The zero-order valence-corrected chi connectivity index (χ0v) is 25.8. The van der Waals surface area contributed by atoms with Gasteiger partial charge in [-0.1, -0.05) is 30.3 Å². The molecule has 2 aromatic carbocycles.